The molecule has 0 heterocycles. The van der Waals surface area contributed by atoms with Gasteiger partial charge in [0.1, 0.15) is 0 Å². The van der Waals surface area contributed by atoms with Crippen molar-refractivity contribution < 1.29 is 0 Å². The average Bonchev–Trinajstić information content (AvgIpc) is 2.81. The molecule has 0 spiro atoms. The van der Waals surface area contributed by atoms with Crippen LogP contribution in [0.4, 0.5) is 0 Å². The molecular formula is C27H47S+. The van der Waals surface area contributed by atoms with Crippen LogP contribution >= 0.6 is 0 Å². The van der Waals surface area contributed by atoms with Crippen LogP contribution in [0.1, 0.15) is 75.2 Å². The van der Waals surface area contributed by atoms with E-state index in [0.717, 1.165) is 12.8 Å². The molecule has 160 valence electrons. The van der Waals surface area contributed by atoms with Crippen molar-refractivity contribution in [3.8, 4) is 0 Å². The summed E-state index contributed by atoms with van der Waals surface area (Å²) in [4.78, 5) is 3.82. The molecule has 0 bridgehead atoms. The van der Waals surface area contributed by atoms with E-state index in [9.17, 15) is 0 Å². The van der Waals surface area contributed by atoms with Crippen molar-refractivity contribution >= 4 is 10.9 Å². The Kier molecular flexibility index (Phi) is 36.3. The molecule has 1 heteroatoms. The standard InChI is InChI=1S/C19H23S.4C2H6/c1-5-9-14-18(8-4)20(17(7-3)13-6-2)19-15-11-10-12-16-19;4*1-2/h5-9,11,13-16H,1-3,10,12H2,4H3;4*1-2H3/q+1;;;;/b14-9-,17-13+,18-8+;;;;. The fourth-order valence-electron chi connectivity index (χ4n) is 1.93. The quantitative estimate of drug-likeness (QED) is 0.293. The van der Waals surface area contributed by atoms with Gasteiger partial charge in [-0.1, -0.05) is 99.4 Å². The summed E-state index contributed by atoms with van der Waals surface area (Å²) >= 11 is 0. The van der Waals surface area contributed by atoms with E-state index < -0.39 is 0 Å². The van der Waals surface area contributed by atoms with E-state index in [2.05, 4.69) is 57.0 Å². The molecule has 0 fully saturated rings. The largest absolute Gasteiger partial charge is 0.165 e. The third kappa shape index (κ3) is 15.3. The molecule has 1 aliphatic carbocycles. The summed E-state index contributed by atoms with van der Waals surface area (Å²) in [6.45, 7) is 29.6. The molecule has 0 aliphatic heterocycles. The Labute approximate surface area is 181 Å². The van der Waals surface area contributed by atoms with Crippen LogP contribution < -0.4 is 0 Å². The topological polar surface area (TPSA) is 0 Å². The monoisotopic (exact) mass is 403 g/mol. The molecule has 0 aromatic heterocycles. The second kappa shape index (κ2) is 30.0. The van der Waals surface area contributed by atoms with Crippen molar-refractivity contribution in [2.45, 2.75) is 75.2 Å². The smallest absolute Gasteiger partial charge is 0.0991 e. The molecule has 1 aliphatic rings. The molecule has 0 amide bonds. The van der Waals surface area contributed by atoms with Crippen molar-refractivity contribution in [1.29, 1.82) is 0 Å². The van der Waals surface area contributed by atoms with Gasteiger partial charge in [0.05, 0.1) is 10.9 Å². The van der Waals surface area contributed by atoms with Crippen molar-refractivity contribution in [3.05, 3.63) is 95.2 Å². The highest BCUT2D eigenvalue weighted by Crippen LogP contribution is 2.33. The van der Waals surface area contributed by atoms with Crippen LogP contribution in [-0.4, -0.2) is 0 Å². The zero-order valence-electron chi connectivity index (χ0n) is 20.2. The summed E-state index contributed by atoms with van der Waals surface area (Å²) in [5, 5.41) is 0. The maximum atomic E-state index is 3.96. The van der Waals surface area contributed by atoms with E-state index in [1.807, 2.05) is 79.7 Å². The third-order valence-electron chi connectivity index (χ3n) is 2.83. The van der Waals surface area contributed by atoms with Crippen molar-refractivity contribution in [3.63, 3.8) is 0 Å². The first kappa shape index (κ1) is 33.8. The maximum Gasteiger partial charge on any atom is 0.165 e. The normalized spacial score (nSPS) is 13.5. The minimum atomic E-state index is -0.115. The molecule has 28 heavy (non-hydrogen) atoms. The van der Waals surface area contributed by atoms with Gasteiger partial charge in [-0.2, -0.15) is 0 Å². The van der Waals surface area contributed by atoms with Gasteiger partial charge in [0.15, 0.2) is 14.7 Å². The lowest BCUT2D eigenvalue weighted by atomic mass is 10.2. The van der Waals surface area contributed by atoms with Crippen molar-refractivity contribution in [2.75, 3.05) is 0 Å². The Morgan fingerprint density at radius 2 is 1.43 bits per heavy atom. The summed E-state index contributed by atoms with van der Waals surface area (Å²) in [6.07, 6.45) is 22.9. The molecule has 1 unspecified atom stereocenters. The van der Waals surface area contributed by atoms with E-state index in [4.69, 9.17) is 0 Å². The lowest BCUT2D eigenvalue weighted by Gasteiger charge is -2.11. The predicted octanol–water partition coefficient (Wildman–Crippen LogP) is 9.85. The Hall–Kier alpha value is -1.73. The van der Waals surface area contributed by atoms with Crippen LogP contribution in [0.3, 0.4) is 0 Å². The first-order valence-electron chi connectivity index (χ1n) is 10.8. The highest BCUT2D eigenvalue weighted by molar-refractivity contribution is 8.08. The average molecular weight is 404 g/mol. The van der Waals surface area contributed by atoms with Gasteiger partial charge in [-0.05, 0) is 56.2 Å². The molecule has 0 N–H and O–H groups in total. The number of rotatable bonds is 7. The fraction of sp³-hybridized carbons (Fsp3) is 0.407. The van der Waals surface area contributed by atoms with Gasteiger partial charge in [-0.15, -0.1) is 0 Å². The molecule has 0 aromatic carbocycles. The van der Waals surface area contributed by atoms with Gasteiger partial charge in [0.25, 0.3) is 0 Å². The van der Waals surface area contributed by atoms with E-state index in [-0.39, 0.29) is 10.9 Å². The first-order valence-corrected chi connectivity index (χ1v) is 12.0. The summed E-state index contributed by atoms with van der Waals surface area (Å²) in [7, 11) is -0.115. The van der Waals surface area contributed by atoms with Gasteiger partial charge < -0.3 is 0 Å². The fourth-order valence-corrected chi connectivity index (χ4v) is 4.11. The minimum Gasteiger partial charge on any atom is -0.0991 e. The van der Waals surface area contributed by atoms with Gasteiger partial charge >= 0.3 is 0 Å². The van der Waals surface area contributed by atoms with E-state index in [0.29, 0.717) is 0 Å². The van der Waals surface area contributed by atoms with Crippen LogP contribution in [0.2, 0.25) is 0 Å². The first-order chi connectivity index (χ1) is 13.8. The molecule has 0 radical (unpaired) electrons. The second-order valence-electron chi connectivity index (χ2n) is 4.19. The zero-order valence-corrected chi connectivity index (χ0v) is 21.0. The van der Waals surface area contributed by atoms with Crippen LogP contribution in [-0.2, 0) is 10.9 Å². The van der Waals surface area contributed by atoms with Crippen LogP contribution in [0.15, 0.2) is 95.2 Å². The molecular weight excluding hydrogens is 356 g/mol. The molecule has 0 nitrogen and oxygen atoms in total. The molecule has 1 rings (SSSR count). The van der Waals surface area contributed by atoms with Gasteiger partial charge in [-0.3, -0.25) is 0 Å². The van der Waals surface area contributed by atoms with Crippen molar-refractivity contribution in [1.82, 2.24) is 0 Å². The lowest BCUT2D eigenvalue weighted by molar-refractivity contribution is 1.03. The summed E-state index contributed by atoms with van der Waals surface area (Å²) in [5.74, 6) is 0. The summed E-state index contributed by atoms with van der Waals surface area (Å²) < 4.78 is 0. The Morgan fingerprint density at radius 1 is 0.857 bits per heavy atom. The van der Waals surface area contributed by atoms with E-state index >= 15 is 0 Å². The molecule has 0 aromatic rings. The Morgan fingerprint density at radius 3 is 1.79 bits per heavy atom. The van der Waals surface area contributed by atoms with Gasteiger partial charge in [0.2, 0.25) is 0 Å². The van der Waals surface area contributed by atoms with E-state index in [1.165, 1.54) is 14.7 Å². The molecule has 0 saturated carbocycles. The third-order valence-corrected chi connectivity index (χ3v) is 5.22. The molecule has 0 saturated heterocycles. The summed E-state index contributed by atoms with van der Waals surface area (Å²) in [6, 6.07) is 0. The van der Waals surface area contributed by atoms with Gasteiger partial charge in [0, 0.05) is 0 Å². The number of hydrogen-bond donors (Lipinski definition) is 0. The second-order valence-corrected chi connectivity index (χ2v) is 6.21. The van der Waals surface area contributed by atoms with Crippen LogP contribution in [0.25, 0.3) is 0 Å². The number of allylic oxidation sites excluding steroid dienone is 10. The predicted molar refractivity (Wildman–Crippen MR) is 141 cm³/mol. The lowest BCUT2D eigenvalue weighted by Crippen LogP contribution is -2.09. The minimum absolute atomic E-state index is 0.115. The summed E-state index contributed by atoms with van der Waals surface area (Å²) in [5.41, 5.74) is 0. The molecule has 1 atom stereocenters. The maximum absolute atomic E-state index is 3.96. The highest BCUT2D eigenvalue weighted by Gasteiger charge is 2.31. The van der Waals surface area contributed by atoms with E-state index in [1.54, 1.807) is 6.08 Å². The Balaban J connectivity index is -0.000000318. The zero-order chi connectivity index (χ0) is 22.8. The SMILES string of the molecule is C=C/C=C\C(=C/C)[S+](C1=CCCC=C1)/C(C=C)=C/C=C.CC.CC.CC.CC. The highest BCUT2D eigenvalue weighted by atomic mass is 32.2. The van der Waals surface area contributed by atoms with Gasteiger partial charge in [-0.25, -0.2) is 0 Å². The van der Waals surface area contributed by atoms with Crippen LogP contribution in [0, 0.1) is 0 Å². The Bertz CT molecular complexity index is 510. The number of hydrogen-bond acceptors (Lipinski definition) is 0. The van der Waals surface area contributed by atoms with Crippen molar-refractivity contribution in [2.24, 2.45) is 0 Å². The van der Waals surface area contributed by atoms with Crippen LogP contribution in [0.5, 0.6) is 0 Å².